The van der Waals surface area contributed by atoms with Crippen LogP contribution in [0.25, 0.3) is 17.0 Å². The molecule has 0 unspecified atom stereocenters. The van der Waals surface area contributed by atoms with E-state index in [1.165, 1.54) is 0 Å². The second kappa shape index (κ2) is 7.43. The second-order valence-electron chi connectivity index (χ2n) is 5.66. The number of nitrogens with zero attached hydrogens (tertiary/aromatic N) is 5. The van der Waals surface area contributed by atoms with Crippen molar-refractivity contribution >= 4 is 29.3 Å². The number of nitrogens with one attached hydrogen (secondary N) is 1. The molecule has 0 fully saturated rings. The lowest BCUT2D eigenvalue weighted by atomic mass is 10.2. The summed E-state index contributed by atoms with van der Waals surface area (Å²) in [5.41, 5.74) is 5.38. The standard InChI is InChI=1S/C19H15ClN6O/c1-27-16-8-2-13(3-9-16)12-21-22-17-10-11-18-23-24-19(26(18)25-17)14-4-6-15(20)7-5-14/h2-12H,1H3,(H,22,25)/b21-12-. The molecule has 7 nitrogen and oxygen atoms in total. The number of aromatic nitrogens is 4. The minimum atomic E-state index is 0.572. The van der Waals surface area contributed by atoms with Crippen LogP contribution >= 0.6 is 11.6 Å². The predicted octanol–water partition coefficient (Wildman–Crippen LogP) is 3.90. The van der Waals surface area contributed by atoms with Crippen molar-refractivity contribution in [3.8, 4) is 17.1 Å². The Morgan fingerprint density at radius 1 is 1.00 bits per heavy atom. The first-order valence-electron chi connectivity index (χ1n) is 8.14. The van der Waals surface area contributed by atoms with Crippen LogP contribution in [-0.2, 0) is 0 Å². The first-order valence-corrected chi connectivity index (χ1v) is 8.52. The molecular weight excluding hydrogens is 364 g/mol. The number of anilines is 1. The van der Waals surface area contributed by atoms with Crippen molar-refractivity contribution in [3.05, 3.63) is 71.2 Å². The van der Waals surface area contributed by atoms with Gasteiger partial charge in [-0.15, -0.1) is 15.3 Å². The number of hydrogen-bond donors (Lipinski definition) is 1. The van der Waals surface area contributed by atoms with E-state index in [4.69, 9.17) is 16.3 Å². The van der Waals surface area contributed by atoms with Gasteiger partial charge in [0.1, 0.15) is 5.75 Å². The molecule has 0 bridgehead atoms. The molecule has 2 heterocycles. The molecule has 2 aromatic carbocycles. The Bertz CT molecular complexity index is 1090. The molecule has 0 aliphatic rings. The second-order valence-corrected chi connectivity index (χ2v) is 6.10. The fraction of sp³-hybridized carbons (Fsp3) is 0.0526. The molecular formula is C19H15ClN6O. The molecule has 0 amide bonds. The van der Waals surface area contributed by atoms with Crippen molar-refractivity contribution in [1.29, 1.82) is 0 Å². The molecule has 0 spiro atoms. The van der Waals surface area contributed by atoms with Gasteiger partial charge in [-0.05, 0) is 66.2 Å². The number of rotatable bonds is 5. The monoisotopic (exact) mass is 378 g/mol. The zero-order valence-electron chi connectivity index (χ0n) is 14.4. The van der Waals surface area contributed by atoms with Crippen LogP contribution < -0.4 is 10.2 Å². The van der Waals surface area contributed by atoms with Crippen LogP contribution in [0.1, 0.15) is 5.56 Å². The molecule has 0 saturated heterocycles. The van der Waals surface area contributed by atoms with Crippen molar-refractivity contribution in [2.24, 2.45) is 5.10 Å². The van der Waals surface area contributed by atoms with Crippen molar-refractivity contribution < 1.29 is 4.74 Å². The maximum atomic E-state index is 5.95. The van der Waals surface area contributed by atoms with E-state index in [1.807, 2.05) is 42.5 Å². The Morgan fingerprint density at radius 3 is 2.52 bits per heavy atom. The highest BCUT2D eigenvalue weighted by Gasteiger charge is 2.09. The van der Waals surface area contributed by atoms with Gasteiger partial charge < -0.3 is 4.74 Å². The number of hydrazone groups is 1. The molecule has 8 heteroatoms. The summed E-state index contributed by atoms with van der Waals surface area (Å²) in [7, 11) is 1.63. The van der Waals surface area contributed by atoms with Crippen LogP contribution in [0, 0.1) is 0 Å². The first-order chi connectivity index (χ1) is 13.2. The Balaban J connectivity index is 1.56. The van der Waals surface area contributed by atoms with Gasteiger partial charge in [0, 0.05) is 10.6 Å². The summed E-state index contributed by atoms with van der Waals surface area (Å²) in [4.78, 5) is 0. The van der Waals surface area contributed by atoms with Crippen LogP contribution in [0.4, 0.5) is 5.82 Å². The zero-order valence-corrected chi connectivity index (χ0v) is 15.1. The van der Waals surface area contributed by atoms with Gasteiger partial charge in [-0.2, -0.15) is 9.62 Å². The molecule has 0 saturated carbocycles. The summed E-state index contributed by atoms with van der Waals surface area (Å²) in [5, 5.41) is 17.7. The van der Waals surface area contributed by atoms with Crippen LogP contribution in [0.3, 0.4) is 0 Å². The molecule has 0 aliphatic heterocycles. The Morgan fingerprint density at radius 2 is 1.78 bits per heavy atom. The predicted molar refractivity (Wildman–Crippen MR) is 105 cm³/mol. The highest BCUT2D eigenvalue weighted by molar-refractivity contribution is 6.30. The number of hydrogen-bond acceptors (Lipinski definition) is 6. The van der Waals surface area contributed by atoms with Gasteiger partial charge in [0.15, 0.2) is 17.3 Å². The van der Waals surface area contributed by atoms with Gasteiger partial charge in [-0.25, -0.2) is 0 Å². The summed E-state index contributed by atoms with van der Waals surface area (Å²) in [6.07, 6.45) is 1.71. The number of ether oxygens (including phenoxy) is 1. The minimum absolute atomic E-state index is 0.572. The van der Waals surface area contributed by atoms with Crippen LogP contribution in [0.2, 0.25) is 5.02 Å². The highest BCUT2D eigenvalue weighted by atomic mass is 35.5. The fourth-order valence-electron chi connectivity index (χ4n) is 2.49. The summed E-state index contributed by atoms with van der Waals surface area (Å²) in [6.45, 7) is 0. The lowest BCUT2D eigenvalue weighted by Gasteiger charge is -2.03. The number of halogens is 1. The maximum absolute atomic E-state index is 5.95. The fourth-order valence-corrected chi connectivity index (χ4v) is 2.62. The van der Waals surface area contributed by atoms with Gasteiger partial charge in [0.05, 0.1) is 13.3 Å². The average Bonchev–Trinajstić information content (AvgIpc) is 3.12. The quantitative estimate of drug-likeness (QED) is 0.421. The van der Waals surface area contributed by atoms with E-state index < -0.39 is 0 Å². The van der Waals surface area contributed by atoms with E-state index >= 15 is 0 Å². The molecule has 0 radical (unpaired) electrons. The summed E-state index contributed by atoms with van der Waals surface area (Å²) < 4.78 is 6.80. The van der Waals surface area contributed by atoms with E-state index in [1.54, 1.807) is 36.0 Å². The van der Waals surface area contributed by atoms with Gasteiger partial charge in [-0.1, -0.05) is 11.6 Å². The molecule has 0 aliphatic carbocycles. The minimum Gasteiger partial charge on any atom is -0.497 e. The topological polar surface area (TPSA) is 76.7 Å². The third kappa shape index (κ3) is 3.73. The van der Waals surface area contributed by atoms with Crippen LogP contribution in [-0.4, -0.2) is 33.1 Å². The molecule has 4 aromatic rings. The molecule has 134 valence electrons. The number of methoxy groups -OCH3 is 1. The first kappa shape index (κ1) is 17.0. The number of fused-ring (bicyclic) bond motifs is 1. The van der Waals surface area contributed by atoms with Gasteiger partial charge in [0.2, 0.25) is 0 Å². The summed E-state index contributed by atoms with van der Waals surface area (Å²) >= 11 is 5.95. The van der Waals surface area contributed by atoms with Crippen molar-refractivity contribution in [2.45, 2.75) is 0 Å². The SMILES string of the molecule is COc1ccc(/C=N\Nc2ccc3nnc(-c4ccc(Cl)cc4)n3n2)cc1. The number of benzene rings is 2. The van der Waals surface area contributed by atoms with Gasteiger partial charge in [-0.3, -0.25) is 5.43 Å². The molecule has 4 rings (SSSR count). The van der Waals surface area contributed by atoms with Gasteiger partial charge in [0.25, 0.3) is 0 Å². The third-order valence-corrected chi connectivity index (χ3v) is 4.13. The normalized spacial score (nSPS) is 11.2. The smallest absolute Gasteiger partial charge is 0.185 e. The third-order valence-electron chi connectivity index (χ3n) is 3.87. The molecule has 27 heavy (non-hydrogen) atoms. The largest absolute Gasteiger partial charge is 0.497 e. The Kier molecular flexibility index (Phi) is 4.67. The summed E-state index contributed by atoms with van der Waals surface area (Å²) in [6, 6.07) is 18.6. The van der Waals surface area contributed by atoms with E-state index in [0.717, 1.165) is 16.9 Å². The van der Waals surface area contributed by atoms with E-state index in [2.05, 4.69) is 25.8 Å². The Labute approximate surface area is 160 Å². The van der Waals surface area contributed by atoms with Crippen molar-refractivity contribution in [1.82, 2.24) is 19.8 Å². The lowest BCUT2D eigenvalue weighted by molar-refractivity contribution is 0.415. The van der Waals surface area contributed by atoms with Crippen LogP contribution in [0.15, 0.2) is 65.8 Å². The Hall–Kier alpha value is -3.45. The van der Waals surface area contributed by atoms with Crippen molar-refractivity contribution in [2.75, 3.05) is 12.5 Å². The average molecular weight is 379 g/mol. The van der Waals surface area contributed by atoms with Crippen molar-refractivity contribution in [3.63, 3.8) is 0 Å². The van der Waals surface area contributed by atoms with E-state index in [-0.39, 0.29) is 0 Å². The highest BCUT2D eigenvalue weighted by Crippen LogP contribution is 2.20. The molecule has 0 atom stereocenters. The summed E-state index contributed by atoms with van der Waals surface area (Å²) in [5.74, 6) is 2.00. The van der Waals surface area contributed by atoms with E-state index in [0.29, 0.717) is 22.3 Å². The molecule has 2 aromatic heterocycles. The lowest BCUT2D eigenvalue weighted by Crippen LogP contribution is -2.00. The van der Waals surface area contributed by atoms with E-state index in [9.17, 15) is 0 Å². The maximum Gasteiger partial charge on any atom is 0.185 e. The zero-order chi connectivity index (χ0) is 18.6. The van der Waals surface area contributed by atoms with Gasteiger partial charge >= 0.3 is 0 Å². The molecule has 1 N–H and O–H groups in total. The van der Waals surface area contributed by atoms with Crippen LogP contribution in [0.5, 0.6) is 5.75 Å².